The van der Waals surface area contributed by atoms with Crippen LogP contribution in [0.15, 0.2) is 36.4 Å². The van der Waals surface area contributed by atoms with E-state index in [0.717, 1.165) is 32.1 Å². The Kier molecular flexibility index (Phi) is 5.42. The van der Waals surface area contributed by atoms with Gasteiger partial charge >= 0.3 is 11.9 Å². The Morgan fingerprint density at radius 1 is 1.00 bits per heavy atom. The van der Waals surface area contributed by atoms with Gasteiger partial charge in [0.2, 0.25) is 0 Å². The van der Waals surface area contributed by atoms with Crippen molar-refractivity contribution < 1.29 is 23.8 Å². The number of benzene rings is 1. The monoisotopic (exact) mass is 466 g/mol. The molecule has 1 unspecified atom stereocenters. The van der Waals surface area contributed by atoms with Gasteiger partial charge in [-0.2, -0.15) is 0 Å². The predicted octanol–water partition coefficient (Wildman–Crippen LogP) is 5.97. The van der Waals surface area contributed by atoms with E-state index in [2.05, 4.69) is 39.8 Å². The van der Waals surface area contributed by atoms with Gasteiger partial charge < -0.3 is 14.2 Å². The Labute approximate surface area is 203 Å². The third kappa shape index (κ3) is 3.25. The SMILES string of the molecule is COc1ccc(OC(=O)[C@H]2CC[C@@H]3[C@@]4(C)CC=CC(C)(C)C4CC[C@@]3(C)[C@@]23COC(=O)C3)cc1. The van der Waals surface area contributed by atoms with Crippen LogP contribution in [-0.2, 0) is 14.3 Å². The van der Waals surface area contributed by atoms with E-state index >= 15 is 0 Å². The minimum absolute atomic E-state index is 0.148. The number of carbonyl (C=O) groups is 2. The number of cyclic esters (lactones) is 1. The molecule has 6 atom stereocenters. The van der Waals surface area contributed by atoms with Crippen LogP contribution >= 0.6 is 0 Å². The second kappa shape index (κ2) is 7.86. The van der Waals surface area contributed by atoms with Crippen LogP contribution in [-0.4, -0.2) is 25.7 Å². The number of esters is 2. The van der Waals surface area contributed by atoms with Crippen molar-refractivity contribution in [3.63, 3.8) is 0 Å². The quantitative estimate of drug-likeness (QED) is 0.312. The number of ether oxygens (including phenoxy) is 3. The van der Waals surface area contributed by atoms with Crippen LogP contribution in [0.2, 0.25) is 0 Å². The van der Waals surface area contributed by atoms with E-state index in [9.17, 15) is 9.59 Å². The molecular formula is C29H38O5. The molecule has 2 saturated carbocycles. The van der Waals surface area contributed by atoms with Gasteiger partial charge in [0.1, 0.15) is 11.5 Å². The molecule has 4 aliphatic rings. The van der Waals surface area contributed by atoms with Crippen molar-refractivity contribution in [3.05, 3.63) is 36.4 Å². The predicted molar refractivity (Wildman–Crippen MR) is 129 cm³/mol. The van der Waals surface area contributed by atoms with Crippen molar-refractivity contribution in [3.8, 4) is 11.5 Å². The number of hydrogen-bond donors (Lipinski definition) is 0. The van der Waals surface area contributed by atoms with E-state index in [1.807, 2.05) is 0 Å². The summed E-state index contributed by atoms with van der Waals surface area (Å²) in [5.74, 6) is 1.49. The number of fused-ring (bicyclic) bond motifs is 4. The largest absolute Gasteiger partial charge is 0.497 e. The summed E-state index contributed by atoms with van der Waals surface area (Å²) in [5.41, 5.74) is -0.369. The topological polar surface area (TPSA) is 61.8 Å². The van der Waals surface area contributed by atoms with Crippen LogP contribution < -0.4 is 9.47 Å². The standard InChI is InChI=1S/C29H38O5/c1-26(2)14-6-15-27(3)22(26)13-16-28(4)23(27)12-11-21(29(28)17-24(30)33-18-29)25(31)34-20-9-7-19(32-5)8-10-20/h6-10,14,21-23H,11-13,15-18H2,1-5H3/t21-,22?,23-,27+,28-,29+/m1/s1. The highest BCUT2D eigenvalue weighted by Crippen LogP contribution is 2.72. The molecule has 1 heterocycles. The van der Waals surface area contributed by atoms with Gasteiger partial charge in [0, 0.05) is 5.41 Å². The number of rotatable bonds is 3. The van der Waals surface area contributed by atoms with Crippen LogP contribution in [0.1, 0.15) is 66.2 Å². The first-order valence-corrected chi connectivity index (χ1v) is 12.7. The summed E-state index contributed by atoms with van der Waals surface area (Å²) in [6.07, 6.45) is 9.97. The summed E-state index contributed by atoms with van der Waals surface area (Å²) >= 11 is 0. The summed E-state index contributed by atoms with van der Waals surface area (Å²) in [4.78, 5) is 26.2. The van der Waals surface area contributed by atoms with Crippen molar-refractivity contribution in [2.45, 2.75) is 66.2 Å². The molecule has 0 aromatic heterocycles. The number of methoxy groups -OCH3 is 1. The van der Waals surface area contributed by atoms with E-state index in [4.69, 9.17) is 14.2 Å². The molecule has 0 amide bonds. The van der Waals surface area contributed by atoms with E-state index in [0.29, 0.717) is 36.4 Å². The molecule has 1 aromatic carbocycles. The van der Waals surface area contributed by atoms with Crippen LogP contribution in [0.3, 0.4) is 0 Å². The fourth-order valence-electron chi connectivity index (χ4n) is 8.74. The summed E-state index contributed by atoms with van der Waals surface area (Å²) in [6.45, 7) is 9.86. The van der Waals surface area contributed by atoms with Gasteiger partial charge in [-0.15, -0.1) is 0 Å². The molecule has 0 N–H and O–H groups in total. The first-order chi connectivity index (χ1) is 16.1. The highest BCUT2D eigenvalue weighted by Gasteiger charge is 2.70. The number of hydrogen-bond acceptors (Lipinski definition) is 5. The lowest BCUT2D eigenvalue weighted by atomic mass is 9.36. The second-order valence-corrected chi connectivity index (χ2v) is 12.2. The van der Waals surface area contributed by atoms with Gasteiger partial charge in [-0.1, -0.05) is 39.8 Å². The third-order valence-corrected chi connectivity index (χ3v) is 10.4. The van der Waals surface area contributed by atoms with Crippen LogP contribution in [0.25, 0.3) is 0 Å². The molecule has 1 spiro atoms. The Hall–Kier alpha value is -2.30. The molecule has 0 radical (unpaired) electrons. The lowest BCUT2D eigenvalue weighted by molar-refractivity contribution is -0.203. The van der Waals surface area contributed by atoms with Gasteiger partial charge in [0.25, 0.3) is 0 Å². The highest BCUT2D eigenvalue weighted by atomic mass is 16.5. The summed E-state index contributed by atoms with van der Waals surface area (Å²) in [6, 6.07) is 7.10. The van der Waals surface area contributed by atoms with E-state index < -0.39 is 5.41 Å². The molecule has 1 aliphatic heterocycles. The third-order valence-electron chi connectivity index (χ3n) is 10.4. The Bertz CT molecular complexity index is 1010. The Morgan fingerprint density at radius 2 is 1.71 bits per heavy atom. The van der Waals surface area contributed by atoms with Gasteiger partial charge in [-0.05, 0) is 84.5 Å². The maximum Gasteiger partial charge on any atom is 0.315 e. The van der Waals surface area contributed by atoms with Gasteiger partial charge in [-0.3, -0.25) is 9.59 Å². The highest BCUT2D eigenvalue weighted by molar-refractivity contribution is 5.80. The van der Waals surface area contributed by atoms with Crippen molar-refractivity contribution in [1.29, 1.82) is 0 Å². The zero-order chi connectivity index (χ0) is 24.4. The average molecular weight is 467 g/mol. The normalized spacial score (nSPS) is 40.3. The zero-order valence-corrected chi connectivity index (χ0v) is 21.2. The fraction of sp³-hybridized carbons (Fsp3) is 0.655. The molecular weight excluding hydrogens is 428 g/mol. The van der Waals surface area contributed by atoms with Crippen molar-refractivity contribution >= 4 is 11.9 Å². The molecule has 1 aromatic rings. The van der Waals surface area contributed by atoms with Crippen LogP contribution in [0.4, 0.5) is 0 Å². The van der Waals surface area contributed by atoms with Crippen molar-refractivity contribution in [2.24, 2.45) is 39.4 Å². The Morgan fingerprint density at radius 3 is 2.35 bits per heavy atom. The maximum atomic E-state index is 13.6. The molecule has 34 heavy (non-hydrogen) atoms. The van der Waals surface area contributed by atoms with Crippen LogP contribution in [0, 0.1) is 39.4 Å². The van der Waals surface area contributed by atoms with Crippen molar-refractivity contribution in [2.75, 3.05) is 13.7 Å². The number of allylic oxidation sites excluding steroid dienone is 2. The molecule has 184 valence electrons. The average Bonchev–Trinajstić information content (AvgIpc) is 3.17. The summed E-state index contributed by atoms with van der Waals surface area (Å²) < 4.78 is 16.8. The smallest absolute Gasteiger partial charge is 0.315 e. The van der Waals surface area contributed by atoms with Crippen LogP contribution in [0.5, 0.6) is 11.5 Å². The minimum Gasteiger partial charge on any atom is -0.497 e. The van der Waals surface area contributed by atoms with E-state index in [1.165, 1.54) is 0 Å². The molecule has 5 heteroatoms. The maximum absolute atomic E-state index is 13.6. The van der Waals surface area contributed by atoms with Gasteiger partial charge in [-0.25, -0.2) is 0 Å². The fourth-order valence-corrected chi connectivity index (χ4v) is 8.74. The van der Waals surface area contributed by atoms with E-state index in [-0.39, 0.29) is 34.1 Å². The van der Waals surface area contributed by atoms with E-state index in [1.54, 1.807) is 31.4 Å². The second-order valence-electron chi connectivity index (χ2n) is 12.2. The number of carbonyl (C=O) groups excluding carboxylic acids is 2. The van der Waals surface area contributed by atoms with Gasteiger partial charge in [0.15, 0.2) is 0 Å². The molecule has 5 nitrogen and oxygen atoms in total. The summed E-state index contributed by atoms with van der Waals surface area (Å²) in [5, 5.41) is 0. The lowest BCUT2D eigenvalue weighted by Gasteiger charge is -2.67. The first kappa shape index (κ1) is 23.4. The zero-order valence-electron chi connectivity index (χ0n) is 21.2. The molecule has 1 saturated heterocycles. The van der Waals surface area contributed by atoms with Crippen molar-refractivity contribution in [1.82, 2.24) is 0 Å². The van der Waals surface area contributed by atoms with Gasteiger partial charge in [0.05, 0.1) is 26.1 Å². The molecule has 5 rings (SSSR count). The molecule has 0 bridgehead atoms. The Balaban J connectivity index is 1.49. The first-order valence-electron chi connectivity index (χ1n) is 12.7. The summed E-state index contributed by atoms with van der Waals surface area (Å²) in [7, 11) is 1.61. The minimum atomic E-state index is -0.518. The lowest BCUT2D eigenvalue weighted by Crippen LogP contribution is -2.64. The molecule has 3 aliphatic carbocycles. The molecule has 3 fully saturated rings.